The van der Waals surface area contributed by atoms with Crippen molar-refractivity contribution in [2.45, 2.75) is 32.2 Å². The number of benzene rings is 1. The summed E-state index contributed by atoms with van der Waals surface area (Å²) < 4.78 is 2.09. The van der Waals surface area contributed by atoms with Crippen LogP contribution in [0.4, 0.5) is 0 Å². The molecule has 0 aliphatic heterocycles. The molecule has 3 nitrogen and oxygen atoms in total. The Morgan fingerprint density at radius 3 is 2.67 bits per heavy atom. The maximum absolute atomic E-state index is 5.92. The van der Waals surface area contributed by atoms with Crippen LogP contribution in [0.3, 0.4) is 0 Å². The Balaban J connectivity index is 2.13. The predicted octanol–water partition coefficient (Wildman–Crippen LogP) is 2.58. The highest BCUT2D eigenvalue weighted by molar-refractivity contribution is 5.22. The van der Waals surface area contributed by atoms with Crippen LogP contribution in [0.25, 0.3) is 0 Å². The molecule has 0 saturated carbocycles. The molecule has 0 saturated heterocycles. The van der Waals surface area contributed by atoms with Crippen LogP contribution >= 0.6 is 0 Å². The zero-order valence-corrected chi connectivity index (χ0v) is 10.9. The minimum Gasteiger partial charge on any atom is -0.330 e. The predicted molar refractivity (Wildman–Crippen MR) is 74.5 cm³/mol. The number of aryl methyl sites for hydroxylation is 1. The summed E-state index contributed by atoms with van der Waals surface area (Å²) in [6.45, 7) is 3.82. The van der Waals surface area contributed by atoms with Crippen molar-refractivity contribution in [3.8, 4) is 0 Å². The van der Waals surface area contributed by atoms with E-state index in [1.54, 1.807) is 0 Å². The molecule has 1 unspecified atom stereocenters. The number of nitrogens with two attached hydrogens (primary N) is 1. The van der Waals surface area contributed by atoms with Gasteiger partial charge >= 0.3 is 0 Å². The van der Waals surface area contributed by atoms with Crippen LogP contribution in [-0.4, -0.2) is 16.3 Å². The highest BCUT2D eigenvalue weighted by atomic mass is 15.3. The lowest BCUT2D eigenvalue weighted by atomic mass is 9.94. The summed E-state index contributed by atoms with van der Waals surface area (Å²) in [5.41, 5.74) is 8.50. The molecule has 0 fully saturated rings. The third kappa shape index (κ3) is 2.99. The summed E-state index contributed by atoms with van der Waals surface area (Å²) >= 11 is 0. The average molecular weight is 243 g/mol. The summed E-state index contributed by atoms with van der Waals surface area (Å²) in [5.74, 6) is 0.374. The molecule has 0 bridgehead atoms. The Morgan fingerprint density at radius 2 is 2.00 bits per heavy atom. The molecule has 18 heavy (non-hydrogen) atoms. The van der Waals surface area contributed by atoms with Crippen LogP contribution in [0, 0.1) is 0 Å². The molecule has 2 N–H and O–H groups in total. The van der Waals surface area contributed by atoms with Gasteiger partial charge in [-0.25, -0.2) is 0 Å². The highest BCUT2D eigenvalue weighted by Crippen LogP contribution is 2.19. The summed E-state index contributed by atoms with van der Waals surface area (Å²) in [5, 5.41) is 4.36. The summed E-state index contributed by atoms with van der Waals surface area (Å²) in [6.07, 6.45) is 3.94. The van der Waals surface area contributed by atoms with Crippen molar-refractivity contribution in [1.29, 1.82) is 0 Å². The Labute approximate surface area is 109 Å². The lowest BCUT2D eigenvalue weighted by molar-refractivity contribution is 0.552. The Kier molecular flexibility index (Phi) is 4.53. The normalized spacial score (nSPS) is 12.6. The first-order valence-corrected chi connectivity index (χ1v) is 6.60. The zero-order valence-electron chi connectivity index (χ0n) is 10.9. The van der Waals surface area contributed by atoms with Crippen LogP contribution in [0.15, 0.2) is 42.6 Å². The maximum atomic E-state index is 5.92. The number of nitrogens with zero attached hydrogens (tertiary/aromatic N) is 2. The lowest BCUT2D eigenvalue weighted by Gasteiger charge is -2.16. The third-order valence-corrected chi connectivity index (χ3v) is 3.25. The summed E-state index contributed by atoms with van der Waals surface area (Å²) in [6, 6.07) is 12.6. The standard InChI is InChI=1S/C15H21N3/c1-2-10-18-15(8-9-17-18)11-14(12-16)13-6-4-3-5-7-13/h3-9,14H,2,10-12,16H2,1H3. The zero-order chi connectivity index (χ0) is 12.8. The van der Waals surface area contributed by atoms with Gasteiger partial charge in [-0.3, -0.25) is 4.68 Å². The second-order valence-corrected chi connectivity index (χ2v) is 4.59. The molecule has 0 amide bonds. The van der Waals surface area contributed by atoms with E-state index in [1.807, 2.05) is 12.3 Å². The van der Waals surface area contributed by atoms with Gasteiger partial charge in [0.05, 0.1) is 0 Å². The molecule has 1 aromatic heterocycles. The van der Waals surface area contributed by atoms with E-state index in [1.165, 1.54) is 11.3 Å². The molecule has 2 rings (SSSR count). The van der Waals surface area contributed by atoms with E-state index in [4.69, 9.17) is 5.73 Å². The van der Waals surface area contributed by atoms with Crippen molar-refractivity contribution >= 4 is 0 Å². The molecule has 1 atom stereocenters. The van der Waals surface area contributed by atoms with Crippen LogP contribution in [0.2, 0.25) is 0 Å². The minimum absolute atomic E-state index is 0.374. The van der Waals surface area contributed by atoms with Gasteiger partial charge < -0.3 is 5.73 Å². The fourth-order valence-corrected chi connectivity index (χ4v) is 2.26. The van der Waals surface area contributed by atoms with Crippen molar-refractivity contribution in [2.75, 3.05) is 6.54 Å². The molecule has 0 aliphatic rings. The molecule has 0 spiro atoms. The van der Waals surface area contributed by atoms with Crippen molar-refractivity contribution in [1.82, 2.24) is 9.78 Å². The quantitative estimate of drug-likeness (QED) is 0.847. The smallest absolute Gasteiger partial charge is 0.0492 e. The molecule has 96 valence electrons. The van der Waals surface area contributed by atoms with Gasteiger partial charge in [-0.1, -0.05) is 37.3 Å². The monoisotopic (exact) mass is 243 g/mol. The lowest BCUT2D eigenvalue weighted by Crippen LogP contribution is -2.17. The van der Waals surface area contributed by atoms with E-state index in [-0.39, 0.29) is 0 Å². The maximum Gasteiger partial charge on any atom is 0.0492 e. The topological polar surface area (TPSA) is 43.8 Å². The number of aromatic nitrogens is 2. The Bertz CT molecular complexity index is 462. The van der Waals surface area contributed by atoms with Gasteiger partial charge in [0.1, 0.15) is 0 Å². The minimum atomic E-state index is 0.374. The first kappa shape index (κ1) is 12.8. The van der Waals surface area contributed by atoms with Crippen LogP contribution in [0.1, 0.15) is 30.5 Å². The average Bonchev–Trinajstić information content (AvgIpc) is 2.85. The van der Waals surface area contributed by atoms with Gasteiger partial charge in [-0.05, 0) is 31.0 Å². The van der Waals surface area contributed by atoms with Gasteiger partial charge in [0.15, 0.2) is 0 Å². The largest absolute Gasteiger partial charge is 0.330 e. The van der Waals surface area contributed by atoms with E-state index < -0.39 is 0 Å². The molecule has 0 radical (unpaired) electrons. The molecular weight excluding hydrogens is 222 g/mol. The highest BCUT2D eigenvalue weighted by Gasteiger charge is 2.12. The molecule has 1 aromatic carbocycles. The second kappa shape index (κ2) is 6.36. The van der Waals surface area contributed by atoms with Crippen molar-refractivity contribution in [3.05, 3.63) is 53.9 Å². The van der Waals surface area contributed by atoms with E-state index in [9.17, 15) is 0 Å². The molecule has 2 aromatic rings. The first-order valence-electron chi connectivity index (χ1n) is 6.60. The van der Waals surface area contributed by atoms with E-state index in [0.717, 1.165) is 19.4 Å². The fraction of sp³-hybridized carbons (Fsp3) is 0.400. The van der Waals surface area contributed by atoms with Gasteiger partial charge in [0.2, 0.25) is 0 Å². The fourth-order valence-electron chi connectivity index (χ4n) is 2.26. The van der Waals surface area contributed by atoms with E-state index in [2.05, 4.69) is 47.0 Å². The Morgan fingerprint density at radius 1 is 1.22 bits per heavy atom. The van der Waals surface area contributed by atoms with Gasteiger partial charge in [0, 0.05) is 24.4 Å². The van der Waals surface area contributed by atoms with Crippen molar-refractivity contribution in [3.63, 3.8) is 0 Å². The van der Waals surface area contributed by atoms with Crippen LogP contribution < -0.4 is 5.73 Å². The molecule has 1 heterocycles. The van der Waals surface area contributed by atoms with Crippen molar-refractivity contribution in [2.24, 2.45) is 5.73 Å². The second-order valence-electron chi connectivity index (χ2n) is 4.59. The number of hydrogen-bond acceptors (Lipinski definition) is 2. The summed E-state index contributed by atoms with van der Waals surface area (Å²) in [4.78, 5) is 0. The van der Waals surface area contributed by atoms with Crippen molar-refractivity contribution < 1.29 is 0 Å². The Hall–Kier alpha value is -1.61. The number of hydrogen-bond donors (Lipinski definition) is 1. The summed E-state index contributed by atoms with van der Waals surface area (Å²) in [7, 11) is 0. The van der Waals surface area contributed by atoms with Gasteiger partial charge in [-0.15, -0.1) is 0 Å². The SMILES string of the molecule is CCCn1nccc1CC(CN)c1ccccc1. The van der Waals surface area contributed by atoms with E-state index in [0.29, 0.717) is 12.5 Å². The van der Waals surface area contributed by atoms with E-state index >= 15 is 0 Å². The van der Waals surface area contributed by atoms with Crippen LogP contribution in [-0.2, 0) is 13.0 Å². The molecular formula is C15H21N3. The third-order valence-electron chi connectivity index (χ3n) is 3.25. The van der Waals surface area contributed by atoms with Gasteiger partial charge in [0.25, 0.3) is 0 Å². The number of rotatable bonds is 6. The molecule has 0 aliphatic carbocycles. The van der Waals surface area contributed by atoms with Gasteiger partial charge in [-0.2, -0.15) is 5.10 Å². The molecule has 3 heteroatoms. The van der Waals surface area contributed by atoms with Crippen LogP contribution in [0.5, 0.6) is 0 Å². The first-order chi connectivity index (χ1) is 8.85.